The summed E-state index contributed by atoms with van der Waals surface area (Å²) < 4.78 is 0. The zero-order valence-electron chi connectivity index (χ0n) is 11.2. The van der Waals surface area contributed by atoms with Gasteiger partial charge in [-0.05, 0) is 37.0 Å². The average Bonchev–Trinajstić information content (AvgIpc) is 2.38. The molecule has 1 aliphatic heterocycles. The Bertz CT molecular complexity index is 533. The Balaban J connectivity index is 2.04. The molecule has 2 N–H and O–H groups in total. The number of carbonyl (C=O) groups is 2. The number of urea groups is 1. The van der Waals surface area contributed by atoms with Gasteiger partial charge in [0, 0.05) is 18.8 Å². The van der Waals surface area contributed by atoms with E-state index in [9.17, 15) is 9.59 Å². The Morgan fingerprint density at radius 2 is 2.20 bits per heavy atom. The van der Waals surface area contributed by atoms with Crippen molar-refractivity contribution in [3.63, 3.8) is 0 Å². The second kappa shape index (κ2) is 6.13. The van der Waals surface area contributed by atoms with E-state index >= 15 is 0 Å². The number of nitrogens with zero attached hydrogens (tertiary/aromatic N) is 1. The second-order valence-electron chi connectivity index (χ2n) is 5.12. The van der Waals surface area contributed by atoms with E-state index in [4.69, 9.17) is 16.7 Å². The van der Waals surface area contributed by atoms with Gasteiger partial charge < -0.3 is 15.3 Å². The first-order chi connectivity index (χ1) is 9.47. The molecule has 1 heterocycles. The minimum Gasteiger partial charge on any atom is -0.478 e. The number of aromatic carboxylic acids is 1. The minimum absolute atomic E-state index is 0.0243. The number of anilines is 1. The van der Waals surface area contributed by atoms with E-state index in [2.05, 4.69) is 12.2 Å². The molecule has 0 aliphatic carbocycles. The normalized spacial score (nSPS) is 18.7. The van der Waals surface area contributed by atoms with Gasteiger partial charge in [0.1, 0.15) is 0 Å². The third-order valence-corrected chi connectivity index (χ3v) is 3.71. The van der Waals surface area contributed by atoms with Crippen LogP contribution < -0.4 is 5.32 Å². The number of halogens is 1. The van der Waals surface area contributed by atoms with Crippen molar-refractivity contribution < 1.29 is 14.7 Å². The molecule has 20 heavy (non-hydrogen) atoms. The van der Waals surface area contributed by atoms with Gasteiger partial charge in [0.25, 0.3) is 0 Å². The Labute approximate surface area is 122 Å². The van der Waals surface area contributed by atoms with Gasteiger partial charge in [0.05, 0.1) is 10.6 Å². The fourth-order valence-electron chi connectivity index (χ4n) is 2.34. The quantitative estimate of drug-likeness (QED) is 0.879. The van der Waals surface area contributed by atoms with Crippen molar-refractivity contribution >= 4 is 29.3 Å². The van der Waals surface area contributed by atoms with Crippen molar-refractivity contribution in [2.45, 2.75) is 19.8 Å². The van der Waals surface area contributed by atoms with E-state index in [1.807, 2.05) is 0 Å². The van der Waals surface area contributed by atoms with Gasteiger partial charge in [-0.25, -0.2) is 9.59 Å². The molecule has 1 atom stereocenters. The summed E-state index contributed by atoms with van der Waals surface area (Å²) in [6.45, 7) is 3.61. The highest BCUT2D eigenvalue weighted by molar-refractivity contribution is 6.33. The molecule has 1 aromatic carbocycles. The van der Waals surface area contributed by atoms with Crippen LogP contribution in [0, 0.1) is 5.92 Å². The van der Waals surface area contributed by atoms with Gasteiger partial charge >= 0.3 is 12.0 Å². The van der Waals surface area contributed by atoms with E-state index in [0.29, 0.717) is 11.6 Å². The number of amides is 2. The molecule has 1 saturated heterocycles. The van der Waals surface area contributed by atoms with E-state index < -0.39 is 5.97 Å². The number of likely N-dealkylation sites (tertiary alicyclic amines) is 1. The van der Waals surface area contributed by atoms with Crippen LogP contribution in [-0.4, -0.2) is 35.1 Å². The summed E-state index contributed by atoms with van der Waals surface area (Å²) in [7, 11) is 0. The minimum atomic E-state index is -1.09. The molecule has 1 unspecified atom stereocenters. The molecule has 108 valence electrons. The van der Waals surface area contributed by atoms with Gasteiger partial charge in [-0.3, -0.25) is 0 Å². The summed E-state index contributed by atoms with van der Waals surface area (Å²) in [6.07, 6.45) is 2.15. The molecule has 1 aliphatic rings. The maximum atomic E-state index is 12.1. The molecule has 0 bridgehead atoms. The van der Waals surface area contributed by atoms with Gasteiger partial charge in [-0.15, -0.1) is 0 Å². The maximum absolute atomic E-state index is 12.1. The third kappa shape index (κ3) is 3.42. The first-order valence-corrected chi connectivity index (χ1v) is 6.94. The number of carboxylic acids is 1. The lowest BCUT2D eigenvalue weighted by Crippen LogP contribution is -2.41. The van der Waals surface area contributed by atoms with Gasteiger partial charge in [0.2, 0.25) is 0 Å². The van der Waals surface area contributed by atoms with E-state index in [1.54, 1.807) is 11.0 Å². The molecule has 1 fully saturated rings. The Kier molecular flexibility index (Phi) is 4.49. The van der Waals surface area contributed by atoms with E-state index in [0.717, 1.165) is 25.9 Å². The lowest BCUT2D eigenvalue weighted by Gasteiger charge is -2.30. The van der Waals surface area contributed by atoms with Gasteiger partial charge in [-0.1, -0.05) is 18.5 Å². The van der Waals surface area contributed by atoms with Crippen LogP contribution in [0.5, 0.6) is 0 Å². The lowest BCUT2D eigenvalue weighted by atomic mass is 10.0. The summed E-state index contributed by atoms with van der Waals surface area (Å²) in [6, 6.07) is 4.21. The van der Waals surface area contributed by atoms with Crippen LogP contribution in [0.25, 0.3) is 0 Å². The fourth-order valence-corrected chi connectivity index (χ4v) is 2.60. The predicted molar refractivity (Wildman–Crippen MR) is 77.4 cm³/mol. The molecular weight excluding hydrogens is 280 g/mol. The molecule has 0 saturated carbocycles. The van der Waals surface area contributed by atoms with Crippen LogP contribution in [-0.2, 0) is 0 Å². The topological polar surface area (TPSA) is 69.6 Å². The molecule has 0 radical (unpaired) electrons. The molecule has 2 rings (SSSR count). The number of rotatable bonds is 2. The van der Waals surface area contributed by atoms with Crippen molar-refractivity contribution in [1.29, 1.82) is 0 Å². The highest BCUT2D eigenvalue weighted by Crippen LogP contribution is 2.22. The zero-order valence-corrected chi connectivity index (χ0v) is 12.0. The van der Waals surface area contributed by atoms with E-state index in [1.165, 1.54) is 12.1 Å². The molecule has 5 nitrogen and oxygen atoms in total. The van der Waals surface area contributed by atoms with Crippen LogP contribution >= 0.6 is 11.6 Å². The number of carboxylic acid groups (broad SMARTS) is 1. The molecule has 2 amide bonds. The number of piperidine rings is 1. The Hall–Kier alpha value is -1.75. The summed E-state index contributed by atoms with van der Waals surface area (Å²) in [5, 5.41) is 11.8. The summed E-state index contributed by atoms with van der Waals surface area (Å²) in [5.74, 6) is -0.579. The number of benzene rings is 1. The second-order valence-corrected chi connectivity index (χ2v) is 5.53. The lowest BCUT2D eigenvalue weighted by molar-refractivity contribution is 0.0697. The molecule has 1 aromatic rings. The van der Waals surface area contributed by atoms with Crippen molar-refractivity contribution in [1.82, 2.24) is 4.90 Å². The first kappa shape index (κ1) is 14.7. The van der Waals surface area contributed by atoms with Crippen LogP contribution in [0.15, 0.2) is 18.2 Å². The third-order valence-electron chi connectivity index (χ3n) is 3.39. The monoisotopic (exact) mass is 296 g/mol. The van der Waals surface area contributed by atoms with Crippen LogP contribution in [0.1, 0.15) is 30.1 Å². The molecule has 0 spiro atoms. The highest BCUT2D eigenvalue weighted by Gasteiger charge is 2.21. The van der Waals surface area contributed by atoms with E-state index in [-0.39, 0.29) is 16.6 Å². The first-order valence-electron chi connectivity index (χ1n) is 6.56. The fraction of sp³-hybridized carbons (Fsp3) is 0.429. The van der Waals surface area contributed by atoms with Crippen LogP contribution in [0.3, 0.4) is 0 Å². The van der Waals surface area contributed by atoms with Gasteiger partial charge in [-0.2, -0.15) is 0 Å². The van der Waals surface area contributed by atoms with Crippen LogP contribution in [0.4, 0.5) is 10.5 Å². The summed E-state index contributed by atoms with van der Waals surface area (Å²) in [5.41, 5.74) is 0.527. The SMILES string of the molecule is CC1CCCN(C(=O)Nc2ccc(C(=O)O)c(Cl)c2)C1. The Morgan fingerprint density at radius 1 is 1.45 bits per heavy atom. The van der Waals surface area contributed by atoms with Gasteiger partial charge in [0.15, 0.2) is 0 Å². The summed E-state index contributed by atoms with van der Waals surface area (Å²) in [4.78, 5) is 24.7. The van der Waals surface area contributed by atoms with Crippen molar-refractivity contribution in [2.75, 3.05) is 18.4 Å². The van der Waals surface area contributed by atoms with Crippen LogP contribution in [0.2, 0.25) is 5.02 Å². The summed E-state index contributed by atoms with van der Waals surface area (Å²) >= 11 is 5.87. The number of carbonyl (C=O) groups excluding carboxylic acids is 1. The molecular formula is C14H17ClN2O3. The van der Waals surface area contributed by atoms with Crippen molar-refractivity contribution in [3.8, 4) is 0 Å². The highest BCUT2D eigenvalue weighted by atomic mass is 35.5. The molecule has 0 aromatic heterocycles. The number of hydrogen-bond donors (Lipinski definition) is 2. The number of nitrogens with one attached hydrogen (secondary N) is 1. The average molecular weight is 297 g/mol. The Morgan fingerprint density at radius 3 is 2.80 bits per heavy atom. The number of hydrogen-bond acceptors (Lipinski definition) is 2. The molecule has 6 heteroatoms. The maximum Gasteiger partial charge on any atom is 0.337 e. The van der Waals surface area contributed by atoms with Crippen molar-refractivity contribution in [3.05, 3.63) is 28.8 Å². The smallest absolute Gasteiger partial charge is 0.337 e. The predicted octanol–water partition coefficient (Wildman–Crippen LogP) is 3.30. The largest absolute Gasteiger partial charge is 0.478 e. The standard InChI is InChI=1S/C14H17ClN2O3/c1-9-3-2-6-17(8-9)14(20)16-10-4-5-11(13(18)19)12(15)7-10/h4-5,7,9H,2-3,6,8H2,1H3,(H,16,20)(H,18,19). The zero-order chi connectivity index (χ0) is 14.7. The van der Waals surface area contributed by atoms with Crippen molar-refractivity contribution in [2.24, 2.45) is 5.92 Å².